The Hall–Kier alpha value is -1.83. The number of rotatable bonds is 3. The van der Waals surface area contributed by atoms with Crippen molar-refractivity contribution in [2.75, 3.05) is 29.9 Å². The van der Waals surface area contributed by atoms with Gasteiger partial charge in [-0.2, -0.15) is 0 Å². The van der Waals surface area contributed by atoms with E-state index in [4.69, 9.17) is 0 Å². The topological polar surface area (TPSA) is 58.0 Å². The lowest BCUT2D eigenvalue weighted by atomic mass is 10.0. The van der Waals surface area contributed by atoms with Gasteiger partial charge in [0.1, 0.15) is 0 Å². The van der Waals surface area contributed by atoms with Crippen LogP contribution in [0.25, 0.3) is 0 Å². The highest BCUT2D eigenvalue weighted by Crippen LogP contribution is 2.21. The largest absolute Gasteiger partial charge is 0.341 e. The third-order valence-electron chi connectivity index (χ3n) is 3.82. The first-order valence-corrected chi connectivity index (χ1v) is 7.85. The maximum Gasteiger partial charge on any atom is 0.225 e. The molecule has 0 unspecified atom stereocenters. The van der Waals surface area contributed by atoms with Crippen LogP contribution in [0.4, 0.5) is 16.3 Å². The predicted octanol–water partition coefficient (Wildman–Crippen LogP) is 2.27. The van der Waals surface area contributed by atoms with E-state index in [9.17, 15) is 4.39 Å². The minimum Gasteiger partial charge on any atom is -0.341 e. The van der Waals surface area contributed by atoms with Crippen molar-refractivity contribution in [2.45, 2.75) is 18.9 Å². The second-order valence-corrected chi connectivity index (χ2v) is 6.15. The minimum atomic E-state index is -0.411. The van der Waals surface area contributed by atoms with Gasteiger partial charge in [-0.15, -0.1) is 0 Å². The molecule has 8 heteroatoms. The molecule has 0 N–H and O–H groups in total. The van der Waals surface area contributed by atoms with Gasteiger partial charge in [-0.1, -0.05) is 0 Å². The maximum atomic E-state index is 12.9. The fourth-order valence-electron chi connectivity index (χ4n) is 2.57. The van der Waals surface area contributed by atoms with Crippen LogP contribution in [0.5, 0.6) is 0 Å². The fourth-order valence-corrected chi connectivity index (χ4v) is 2.78. The zero-order chi connectivity index (χ0) is 15.5. The smallest absolute Gasteiger partial charge is 0.225 e. The van der Waals surface area contributed by atoms with Crippen LogP contribution in [0.1, 0.15) is 12.8 Å². The highest BCUT2D eigenvalue weighted by atomic mass is 79.9. The summed E-state index contributed by atoms with van der Waals surface area (Å²) in [4.78, 5) is 20.9. The summed E-state index contributed by atoms with van der Waals surface area (Å²) in [5, 5.41) is 0. The quantitative estimate of drug-likeness (QED) is 0.830. The van der Waals surface area contributed by atoms with E-state index in [0.29, 0.717) is 12.0 Å². The molecule has 2 aromatic rings. The molecule has 22 heavy (non-hydrogen) atoms. The Balaban J connectivity index is 1.61. The van der Waals surface area contributed by atoms with Crippen molar-refractivity contribution in [3.05, 3.63) is 35.1 Å². The standard InChI is InChI=1S/C14H16BrFN6/c1-21(13-17-6-10(15)7-18-13)12-2-4-22(5-3-12)14-19-8-11(16)9-20-14/h6-9,12H,2-5H2,1H3. The first-order valence-electron chi connectivity index (χ1n) is 7.06. The second-order valence-electron chi connectivity index (χ2n) is 5.23. The van der Waals surface area contributed by atoms with E-state index in [2.05, 4.69) is 45.7 Å². The van der Waals surface area contributed by atoms with Gasteiger partial charge < -0.3 is 9.80 Å². The van der Waals surface area contributed by atoms with Crippen LogP contribution in [0.3, 0.4) is 0 Å². The van der Waals surface area contributed by atoms with Gasteiger partial charge in [-0.05, 0) is 28.8 Å². The summed E-state index contributed by atoms with van der Waals surface area (Å²) in [5.74, 6) is 0.896. The van der Waals surface area contributed by atoms with Gasteiger partial charge in [0.25, 0.3) is 0 Å². The number of piperidine rings is 1. The van der Waals surface area contributed by atoms with Gasteiger partial charge in [-0.3, -0.25) is 0 Å². The van der Waals surface area contributed by atoms with Gasteiger partial charge in [0, 0.05) is 38.6 Å². The van der Waals surface area contributed by atoms with Crippen molar-refractivity contribution in [1.82, 2.24) is 19.9 Å². The van der Waals surface area contributed by atoms with Crippen molar-refractivity contribution in [3.63, 3.8) is 0 Å². The summed E-state index contributed by atoms with van der Waals surface area (Å²) < 4.78 is 13.7. The summed E-state index contributed by atoms with van der Waals surface area (Å²) in [6.45, 7) is 1.66. The number of nitrogens with zero attached hydrogens (tertiary/aromatic N) is 6. The van der Waals surface area contributed by atoms with Gasteiger partial charge in [0.05, 0.1) is 16.9 Å². The molecule has 0 radical (unpaired) electrons. The Morgan fingerprint density at radius 1 is 1.09 bits per heavy atom. The molecule has 116 valence electrons. The molecule has 2 aromatic heterocycles. The van der Waals surface area contributed by atoms with E-state index in [1.54, 1.807) is 12.4 Å². The molecule has 0 spiro atoms. The fraction of sp³-hybridized carbons (Fsp3) is 0.429. The average molecular weight is 367 g/mol. The van der Waals surface area contributed by atoms with Crippen molar-refractivity contribution < 1.29 is 4.39 Å². The molecule has 1 aliphatic heterocycles. The van der Waals surface area contributed by atoms with Crippen LogP contribution < -0.4 is 9.80 Å². The lowest BCUT2D eigenvalue weighted by Crippen LogP contribution is -2.44. The number of hydrogen-bond donors (Lipinski definition) is 0. The average Bonchev–Trinajstić information content (AvgIpc) is 2.56. The first-order chi connectivity index (χ1) is 10.6. The molecule has 6 nitrogen and oxygen atoms in total. The molecular formula is C14H16BrFN6. The molecule has 3 rings (SSSR count). The predicted molar refractivity (Wildman–Crippen MR) is 85.4 cm³/mol. The number of aromatic nitrogens is 4. The van der Waals surface area contributed by atoms with E-state index in [1.807, 2.05) is 7.05 Å². The number of halogens is 2. The molecule has 0 bridgehead atoms. The van der Waals surface area contributed by atoms with Crippen molar-refractivity contribution in [3.8, 4) is 0 Å². The molecule has 0 atom stereocenters. The molecule has 0 amide bonds. The van der Waals surface area contributed by atoms with Crippen molar-refractivity contribution in [2.24, 2.45) is 0 Å². The zero-order valence-electron chi connectivity index (χ0n) is 12.2. The van der Waals surface area contributed by atoms with E-state index >= 15 is 0 Å². The first kappa shape index (κ1) is 15.1. The van der Waals surface area contributed by atoms with Crippen molar-refractivity contribution in [1.29, 1.82) is 0 Å². The lowest BCUT2D eigenvalue weighted by molar-refractivity contribution is 0.472. The number of hydrogen-bond acceptors (Lipinski definition) is 6. The minimum absolute atomic E-state index is 0.373. The number of anilines is 2. The van der Waals surface area contributed by atoms with Crippen LogP contribution in [-0.2, 0) is 0 Å². The summed E-state index contributed by atoms with van der Waals surface area (Å²) >= 11 is 3.34. The van der Waals surface area contributed by atoms with Gasteiger partial charge in [0.15, 0.2) is 5.82 Å². The highest BCUT2D eigenvalue weighted by molar-refractivity contribution is 9.10. The second kappa shape index (κ2) is 6.51. The van der Waals surface area contributed by atoms with Gasteiger partial charge in [0.2, 0.25) is 11.9 Å². The van der Waals surface area contributed by atoms with Crippen LogP contribution >= 0.6 is 15.9 Å². The highest BCUT2D eigenvalue weighted by Gasteiger charge is 2.25. The molecule has 1 aliphatic rings. The van der Waals surface area contributed by atoms with Gasteiger partial charge in [-0.25, -0.2) is 24.3 Å². The SMILES string of the molecule is CN(c1ncc(Br)cn1)C1CCN(c2ncc(F)cn2)CC1. The van der Waals surface area contributed by atoms with Crippen LogP contribution in [0.2, 0.25) is 0 Å². The lowest BCUT2D eigenvalue weighted by Gasteiger charge is -2.36. The van der Waals surface area contributed by atoms with Crippen LogP contribution in [0, 0.1) is 5.82 Å². The molecule has 1 saturated heterocycles. The Kier molecular flexibility index (Phi) is 4.47. The van der Waals surface area contributed by atoms with Crippen LogP contribution in [-0.4, -0.2) is 46.1 Å². The summed E-state index contributed by atoms with van der Waals surface area (Å²) in [7, 11) is 2.01. The zero-order valence-corrected chi connectivity index (χ0v) is 13.7. The van der Waals surface area contributed by atoms with E-state index in [0.717, 1.165) is 36.4 Å². The van der Waals surface area contributed by atoms with Crippen molar-refractivity contribution >= 4 is 27.8 Å². The van der Waals surface area contributed by atoms with Crippen LogP contribution in [0.15, 0.2) is 29.3 Å². The molecule has 3 heterocycles. The monoisotopic (exact) mass is 366 g/mol. The maximum absolute atomic E-state index is 12.9. The van der Waals surface area contributed by atoms with E-state index in [1.165, 1.54) is 12.4 Å². The Bertz CT molecular complexity index is 612. The Morgan fingerprint density at radius 2 is 1.68 bits per heavy atom. The van der Waals surface area contributed by atoms with E-state index in [-0.39, 0.29) is 0 Å². The molecule has 1 fully saturated rings. The van der Waals surface area contributed by atoms with Gasteiger partial charge >= 0.3 is 0 Å². The normalized spacial score (nSPS) is 15.9. The molecule has 0 aromatic carbocycles. The molecular weight excluding hydrogens is 351 g/mol. The van der Waals surface area contributed by atoms with E-state index < -0.39 is 5.82 Å². The summed E-state index contributed by atoms with van der Waals surface area (Å²) in [5.41, 5.74) is 0. The summed E-state index contributed by atoms with van der Waals surface area (Å²) in [6.07, 6.45) is 7.82. The third kappa shape index (κ3) is 3.32. The third-order valence-corrected chi connectivity index (χ3v) is 4.23. The Labute approximate surface area is 136 Å². The summed E-state index contributed by atoms with van der Waals surface area (Å²) in [6, 6.07) is 0.373. The molecule has 0 aliphatic carbocycles. The Morgan fingerprint density at radius 3 is 2.27 bits per heavy atom. The molecule has 0 saturated carbocycles.